The third kappa shape index (κ3) is 2.76. The van der Waals surface area contributed by atoms with Crippen molar-refractivity contribution < 1.29 is 4.39 Å². The van der Waals surface area contributed by atoms with E-state index in [-0.39, 0.29) is 11.9 Å². The lowest BCUT2D eigenvalue weighted by molar-refractivity contribution is 0.558. The summed E-state index contributed by atoms with van der Waals surface area (Å²) < 4.78 is 13.8. The zero-order chi connectivity index (χ0) is 13.0. The lowest BCUT2D eigenvalue weighted by Gasteiger charge is -2.17. The number of hydrogen-bond acceptors (Lipinski definition) is 3. The maximum atomic E-state index is 13.8. The van der Waals surface area contributed by atoms with Crippen molar-refractivity contribution in [1.29, 1.82) is 0 Å². The number of aryl methyl sites for hydroxylation is 1. The molecule has 0 aliphatic heterocycles. The highest BCUT2D eigenvalue weighted by Gasteiger charge is 2.18. The van der Waals surface area contributed by atoms with Crippen LogP contribution in [0.4, 0.5) is 4.39 Å². The minimum Gasteiger partial charge on any atom is -0.306 e. The van der Waals surface area contributed by atoms with E-state index in [0.29, 0.717) is 5.56 Å². The summed E-state index contributed by atoms with van der Waals surface area (Å²) in [5.41, 5.74) is 0.663. The fraction of sp³-hybridized carbons (Fsp3) is 0.357. The molecule has 0 amide bonds. The molecule has 1 atom stereocenters. The van der Waals surface area contributed by atoms with Crippen molar-refractivity contribution >= 4 is 11.3 Å². The molecule has 0 saturated carbocycles. The maximum Gasteiger partial charge on any atom is 0.146 e. The Morgan fingerprint density at radius 2 is 2.17 bits per heavy atom. The van der Waals surface area contributed by atoms with Crippen LogP contribution in [0.3, 0.4) is 0 Å². The van der Waals surface area contributed by atoms with Crippen LogP contribution in [-0.4, -0.2) is 11.5 Å². The Labute approximate surface area is 111 Å². The summed E-state index contributed by atoms with van der Waals surface area (Å²) in [4.78, 5) is 6.28. The van der Waals surface area contributed by atoms with Gasteiger partial charge in [-0.3, -0.25) is 4.98 Å². The molecule has 1 N–H and O–H groups in total. The lowest BCUT2D eigenvalue weighted by atomic mass is 10.1. The number of rotatable bonds is 5. The van der Waals surface area contributed by atoms with Gasteiger partial charge in [0.15, 0.2) is 0 Å². The van der Waals surface area contributed by atoms with Gasteiger partial charge in [0, 0.05) is 21.5 Å². The van der Waals surface area contributed by atoms with Gasteiger partial charge in [-0.2, -0.15) is 0 Å². The first-order valence-corrected chi connectivity index (χ1v) is 6.99. The second kappa shape index (κ2) is 6.07. The first kappa shape index (κ1) is 13.2. The fourth-order valence-corrected chi connectivity index (χ4v) is 2.98. The zero-order valence-electron chi connectivity index (χ0n) is 10.6. The van der Waals surface area contributed by atoms with Crippen molar-refractivity contribution in [3.8, 4) is 0 Å². The topological polar surface area (TPSA) is 24.9 Å². The average molecular weight is 264 g/mol. The van der Waals surface area contributed by atoms with Crippen molar-refractivity contribution in [2.75, 3.05) is 6.54 Å². The summed E-state index contributed by atoms with van der Waals surface area (Å²) in [6.45, 7) is 4.96. The van der Waals surface area contributed by atoms with E-state index in [1.54, 1.807) is 23.6 Å². The molecule has 96 valence electrons. The molecule has 0 aliphatic carbocycles. The predicted molar refractivity (Wildman–Crippen MR) is 73.4 cm³/mol. The number of halogens is 1. The third-order valence-corrected chi connectivity index (χ3v) is 4.13. The summed E-state index contributed by atoms with van der Waals surface area (Å²) in [5, 5.41) is 3.34. The van der Waals surface area contributed by atoms with Gasteiger partial charge in [0.05, 0.1) is 12.2 Å². The van der Waals surface area contributed by atoms with Crippen molar-refractivity contribution in [1.82, 2.24) is 10.3 Å². The second-order valence-electron chi connectivity index (χ2n) is 4.05. The Morgan fingerprint density at radius 1 is 1.33 bits per heavy atom. The van der Waals surface area contributed by atoms with Gasteiger partial charge in [0.25, 0.3) is 0 Å². The van der Waals surface area contributed by atoms with E-state index >= 15 is 0 Å². The molecule has 1 unspecified atom stereocenters. The molecule has 2 nitrogen and oxygen atoms in total. The number of aromatic nitrogens is 1. The van der Waals surface area contributed by atoms with Gasteiger partial charge in [-0.15, -0.1) is 11.3 Å². The van der Waals surface area contributed by atoms with E-state index in [1.807, 2.05) is 6.92 Å². The molecule has 18 heavy (non-hydrogen) atoms. The zero-order valence-corrected chi connectivity index (χ0v) is 11.4. The molecule has 2 rings (SSSR count). The molecule has 2 aromatic rings. The first-order valence-electron chi connectivity index (χ1n) is 6.17. The van der Waals surface area contributed by atoms with Gasteiger partial charge in [0.2, 0.25) is 0 Å². The van der Waals surface area contributed by atoms with E-state index in [2.05, 4.69) is 29.4 Å². The molecular weight excluding hydrogens is 247 g/mol. The highest BCUT2D eigenvalue weighted by atomic mass is 32.1. The average Bonchev–Trinajstić information content (AvgIpc) is 2.85. The van der Waals surface area contributed by atoms with Gasteiger partial charge < -0.3 is 5.32 Å². The second-order valence-corrected chi connectivity index (χ2v) is 5.25. The Kier molecular flexibility index (Phi) is 4.44. The van der Waals surface area contributed by atoms with Crippen LogP contribution in [0.2, 0.25) is 0 Å². The van der Waals surface area contributed by atoms with Crippen molar-refractivity contribution in [2.45, 2.75) is 26.3 Å². The number of hydrogen-bond donors (Lipinski definition) is 1. The van der Waals surface area contributed by atoms with Crippen LogP contribution in [-0.2, 0) is 6.42 Å². The predicted octanol–water partition coefficient (Wildman–Crippen LogP) is 3.54. The molecule has 4 heteroatoms. The van der Waals surface area contributed by atoms with Crippen molar-refractivity contribution in [2.24, 2.45) is 0 Å². The van der Waals surface area contributed by atoms with Crippen LogP contribution in [0.15, 0.2) is 30.6 Å². The maximum absolute atomic E-state index is 13.8. The first-order chi connectivity index (χ1) is 8.76. The van der Waals surface area contributed by atoms with Gasteiger partial charge in [0.1, 0.15) is 5.82 Å². The molecule has 0 saturated heterocycles. The van der Waals surface area contributed by atoms with Gasteiger partial charge in [-0.1, -0.05) is 13.8 Å². The summed E-state index contributed by atoms with van der Waals surface area (Å²) in [6, 6.07) is 5.86. The highest BCUT2D eigenvalue weighted by Crippen LogP contribution is 2.29. The quantitative estimate of drug-likeness (QED) is 0.893. The highest BCUT2D eigenvalue weighted by molar-refractivity contribution is 7.12. The van der Waals surface area contributed by atoms with E-state index in [9.17, 15) is 4.39 Å². The molecule has 0 aromatic carbocycles. The van der Waals surface area contributed by atoms with Crippen LogP contribution in [0.25, 0.3) is 0 Å². The van der Waals surface area contributed by atoms with Gasteiger partial charge in [-0.25, -0.2) is 4.39 Å². The summed E-state index contributed by atoms with van der Waals surface area (Å²) in [5.74, 6) is -0.255. The largest absolute Gasteiger partial charge is 0.306 e. The Bertz CT molecular complexity index is 510. The van der Waals surface area contributed by atoms with Gasteiger partial charge in [-0.05, 0) is 31.2 Å². The Balaban J connectivity index is 2.36. The molecule has 0 aliphatic rings. The normalized spacial score (nSPS) is 12.6. The SMILES string of the molecule is CCNC(c1ccc(CC)s1)c1ccncc1F. The molecular formula is C14H17FN2S. The molecule has 2 aromatic heterocycles. The number of pyridine rings is 1. The van der Waals surface area contributed by atoms with Crippen LogP contribution >= 0.6 is 11.3 Å². The molecule has 0 bridgehead atoms. The van der Waals surface area contributed by atoms with Crippen molar-refractivity contribution in [3.05, 3.63) is 51.7 Å². The Morgan fingerprint density at radius 3 is 2.78 bits per heavy atom. The molecule has 0 radical (unpaired) electrons. The standard InChI is InChI=1S/C14H17FN2S/c1-3-10-5-6-13(18-10)14(17-4-2)11-7-8-16-9-12(11)15/h5-9,14,17H,3-4H2,1-2H3. The van der Waals surface area contributed by atoms with Crippen LogP contribution in [0.1, 0.15) is 35.2 Å². The van der Waals surface area contributed by atoms with E-state index in [4.69, 9.17) is 0 Å². The third-order valence-electron chi connectivity index (χ3n) is 2.84. The van der Waals surface area contributed by atoms with Crippen LogP contribution in [0, 0.1) is 5.82 Å². The van der Waals surface area contributed by atoms with E-state index < -0.39 is 0 Å². The van der Waals surface area contributed by atoms with E-state index in [0.717, 1.165) is 17.8 Å². The smallest absolute Gasteiger partial charge is 0.146 e. The van der Waals surface area contributed by atoms with Crippen molar-refractivity contribution in [3.63, 3.8) is 0 Å². The minimum absolute atomic E-state index is 0.0803. The molecule has 0 fully saturated rings. The van der Waals surface area contributed by atoms with E-state index in [1.165, 1.54) is 11.1 Å². The Hall–Kier alpha value is -1.26. The van der Waals surface area contributed by atoms with Crippen LogP contribution in [0.5, 0.6) is 0 Å². The molecule has 0 spiro atoms. The monoisotopic (exact) mass is 264 g/mol. The number of thiophene rings is 1. The lowest BCUT2D eigenvalue weighted by Crippen LogP contribution is -2.22. The minimum atomic E-state index is -0.255. The summed E-state index contributed by atoms with van der Waals surface area (Å²) >= 11 is 1.73. The van der Waals surface area contributed by atoms with Crippen LogP contribution < -0.4 is 5.32 Å². The number of nitrogens with zero attached hydrogens (tertiary/aromatic N) is 1. The summed E-state index contributed by atoms with van der Waals surface area (Å²) in [6.07, 6.45) is 3.92. The number of nitrogens with one attached hydrogen (secondary N) is 1. The summed E-state index contributed by atoms with van der Waals surface area (Å²) in [7, 11) is 0. The fourth-order valence-electron chi connectivity index (χ4n) is 1.93. The molecule has 2 heterocycles. The van der Waals surface area contributed by atoms with Gasteiger partial charge >= 0.3 is 0 Å².